The van der Waals surface area contributed by atoms with Crippen LogP contribution in [0.15, 0.2) is 24.3 Å². The first-order chi connectivity index (χ1) is 10.5. The van der Waals surface area contributed by atoms with Crippen LogP contribution in [0.3, 0.4) is 0 Å². The molecule has 1 saturated heterocycles. The van der Waals surface area contributed by atoms with Crippen LogP contribution in [0.2, 0.25) is 0 Å². The summed E-state index contributed by atoms with van der Waals surface area (Å²) >= 11 is 0. The molecule has 1 unspecified atom stereocenters. The largest absolute Gasteiger partial charge is 0.338 e. The van der Waals surface area contributed by atoms with Crippen LogP contribution in [0, 0.1) is 10.1 Å². The van der Waals surface area contributed by atoms with Gasteiger partial charge in [0.05, 0.1) is 4.92 Å². The van der Waals surface area contributed by atoms with Crippen LogP contribution < -0.4 is 5.32 Å². The van der Waals surface area contributed by atoms with Gasteiger partial charge in [0, 0.05) is 31.8 Å². The number of hydrogen-bond donors (Lipinski definition) is 1. The van der Waals surface area contributed by atoms with Crippen LogP contribution in [0.4, 0.5) is 10.5 Å². The smallest absolute Gasteiger partial charge is 0.318 e. The van der Waals surface area contributed by atoms with Gasteiger partial charge in [-0.05, 0) is 31.2 Å². The van der Waals surface area contributed by atoms with Gasteiger partial charge in [-0.1, -0.05) is 13.3 Å². The molecule has 1 aliphatic heterocycles. The average molecular weight is 306 g/mol. The fourth-order valence-corrected chi connectivity index (χ4v) is 2.64. The third-order valence-electron chi connectivity index (χ3n) is 3.88. The molecule has 0 saturated carbocycles. The summed E-state index contributed by atoms with van der Waals surface area (Å²) in [7, 11) is 1.95. The van der Waals surface area contributed by atoms with E-state index in [2.05, 4.69) is 17.1 Å². The molecule has 7 nitrogen and oxygen atoms in total. The molecule has 120 valence electrons. The number of nitro benzene ring substituents is 1. The zero-order valence-corrected chi connectivity index (χ0v) is 13.0. The number of hydrogen-bond acceptors (Lipinski definition) is 4. The molecular formula is C15H22N4O3. The number of benzene rings is 1. The highest BCUT2D eigenvalue weighted by Crippen LogP contribution is 2.29. The van der Waals surface area contributed by atoms with E-state index < -0.39 is 4.92 Å². The van der Waals surface area contributed by atoms with E-state index in [9.17, 15) is 14.9 Å². The van der Waals surface area contributed by atoms with E-state index in [1.807, 2.05) is 7.05 Å². The third kappa shape index (κ3) is 3.54. The number of likely N-dealkylation sites (N-methyl/N-ethyl adjacent to an activating group) is 1. The van der Waals surface area contributed by atoms with E-state index in [-0.39, 0.29) is 17.9 Å². The second-order valence-corrected chi connectivity index (χ2v) is 5.48. The van der Waals surface area contributed by atoms with E-state index in [0.717, 1.165) is 24.9 Å². The van der Waals surface area contributed by atoms with Gasteiger partial charge < -0.3 is 10.2 Å². The zero-order valence-electron chi connectivity index (χ0n) is 13.0. The number of carbonyl (C=O) groups is 1. The average Bonchev–Trinajstić information content (AvgIpc) is 2.89. The molecule has 2 amide bonds. The lowest BCUT2D eigenvalue weighted by Crippen LogP contribution is -2.41. The number of unbranched alkanes of at least 4 members (excludes halogenated alkanes) is 1. The lowest BCUT2D eigenvalue weighted by atomic mass is 10.1. The molecule has 7 heteroatoms. The molecule has 1 N–H and O–H groups in total. The number of urea groups is 1. The maximum absolute atomic E-state index is 12.3. The molecule has 1 heterocycles. The molecule has 1 aromatic rings. The minimum atomic E-state index is -0.419. The Morgan fingerprint density at radius 1 is 1.36 bits per heavy atom. The van der Waals surface area contributed by atoms with Crippen molar-refractivity contribution >= 4 is 11.7 Å². The molecule has 0 bridgehead atoms. The van der Waals surface area contributed by atoms with Crippen molar-refractivity contribution in [1.82, 2.24) is 15.1 Å². The predicted octanol–water partition coefficient (Wildman–Crippen LogP) is 2.35. The minimum Gasteiger partial charge on any atom is -0.338 e. The van der Waals surface area contributed by atoms with Gasteiger partial charge in [0.15, 0.2) is 0 Å². The highest BCUT2D eigenvalue weighted by molar-refractivity contribution is 5.75. The highest BCUT2D eigenvalue weighted by atomic mass is 16.6. The molecule has 0 aromatic heterocycles. The second kappa shape index (κ2) is 7.22. The first kappa shape index (κ1) is 16.2. The molecule has 1 aliphatic rings. The molecule has 1 fully saturated rings. The summed E-state index contributed by atoms with van der Waals surface area (Å²) in [6.45, 7) is 4.18. The van der Waals surface area contributed by atoms with Gasteiger partial charge in [-0.2, -0.15) is 0 Å². The lowest BCUT2D eigenvalue weighted by Gasteiger charge is -2.28. The Kier molecular flexibility index (Phi) is 5.32. The topological polar surface area (TPSA) is 78.7 Å². The molecule has 1 atom stereocenters. The Morgan fingerprint density at radius 2 is 2.05 bits per heavy atom. The Morgan fingerprint density at radius 3 is 2.64 bits per heavy atom. The van der Waals surface area contributed by atoms with Crippen LogP contribution in [-0.4, -0.2) is 47.4 Å². The van der Waals surface area contributed by atoms with Crippen LogP contribution in [0.25, 0.3) is 0 Å². The number of carbonyl (C=O) groups excluding carboxylic acids is 1. The monoisotopic (exact) mass is 306 g/mol. The summed E-state index contributed by atoms with van der Waals surface area (Å²) in [6, 6.07) is 6.32. The number of nitrogens with one attached hydrogen (secondary N) is 1. The summed E-state index contributed by atoms with van der Waals surface area (Å²) in [5.74, 6) is 0. The summed E-state index contributed by atoms with van der Waals surface area (Å²) in [5, 5.41) is 13.7. The van der Waals surface area contributed by atoms with Crippen LogP contribution in [-0.2, 0) is 0 Å². The molecule has 0 spiro atoms. The summed E-state index contributed by atoms with van der Waals surface area (Å²) in [4.78, 5) is 26.5. The zero-order chi connectivity index (χ0) is 16.1. The number of non-ortho nitro benzene ring substituents is 1. The summed E-state index contributed by atoms with van der Waals surface area (Å²) < 4.78 is 0. The van der Waals surface area contributed by atoms with Gasteiger partial charge in [-0.3, -0.25) is 15.0 Å². The molecule has 0 radical (unpaired) electrons. The lowest BCUT2D eigenvalue weighted by molar-refractivity contribution is -0.384. The Balaban J connectivity index is 2.11. The van der Waals surface area contributed by atoms with E-state index in [0.29, 0.717) is 13.1 Å². The fourth-order valence-electron chi connectivity index (χ4n) is 2.64. The standard InChI is InChI=1S/C15H22N4O3/c1-3-4-9-16-15(20)18-11-10-17(2)14(18)12-5-7-13(8-6-12)19(21)22/h5-8,14H,3-4,9-11H2,1-2H3,(H,16,20). The molecule has 0 aliphatic carbocycles. The minimum absolute atomic E-state index is 0.0587. The van der Waals surface area contributed by atoms with Crippen molar-refractivity contribution < 1.29 is 9.72 Å². The van der Waals surface area contributed by atoms with Gasteiger partial charge in [0.25, 0.3) is 5.69 Å². The second-order valence-electron chi connectivity index (χ2n) is 5.48. The van der Waals surface area contributed by atoms with Crippen LogP contribution in [0.1, 0.15) is 31.5 Å². The van der Waals surface area contributed by atoms with Gasteiger partial charge in [0.2, 0.25) is 0 Å². The van der Waals surface area contributed by atoms with E-state index >= 15 is 0 Å². The number of nitro groups is 1. The Labute approximate surface area is 130 Å². The Bertz CT molecular complexity index is 532. The van der Waals surface area contributed by atoms with Gasteiger partial charge >= 0.3 is 6.03 Å². The van der Waals surface area contributed by atoms with Crippen molar-refractivity contribution in [2.75, 3.05) is 26.7 Å². The highest BCUT2D eigenvalue weighted by Gasteiger charge is 2.34. The van der Waals surface area contributed by atoms with Crippen molar-refractivity contribution in [2.45, 2.75) is 25.9 Å². The van der Waals surface area contributed by atoms with Crippen molar-refractivity contribution in [3.8, 4) is 0 Å². The van der Waals surface area contributed by atoms with E-state index in [4.69, 9.17) is 0 Å². The third-order valence-corrected chi connectivity index (χ3v) is 3.88. The predicted molar refractivity (Wildman–Crippen MR) is 83.5 cm³/mol. The quantitative estimate of drug-likeness (QED) is 0.514. The van der Waals surface area contributed by atoms with Gasteiger partial charge in [-0.15, -0.1) is 0 Å². The van der Waals surface area contributed by atoms with Crippen molar-refractivity contribution in [1.29, 1.82) is 0 Å². The van der Waals surface area contributed by atoms with Crippen LogP contribution >= 0.6 is 0 Å². The van der Waals surface area contributed by atoms with E-state index in [1.165, 1.54) is 12.1 Å². The van der Waals surface area contributed by atoms with Crippen molar-refractivity contribution in [3.63, 3.8) is 0 Å². The molecular weight excluding hydrogens is 284 g/mol. The maximum Gasteiger partial charge on any atom is 0.318 e. The Hall–Kier alpha value is -2.15. The SMILES string of the molecule is CCCCNC(=O)N1CCN(C)C1c1ccc([N+](=O)[O-])cc1. The van der Waals surface area contributed by atoms with E-state index in [1.54, 1.807) is 17.0 Å². The van der Waals surface area contributed by atoms with Crippen molar-refractivity contribution in [2.24, 2.45) is 0 Å². The molecule has 2 rings (SSSR count). The number of nitrogens with zero attached hydrogens (tertiary/aromatic N) is 3. The molecule has 1 aromatic carbocycles. The first-order valence-electron chi connectivity index (χ1n) is 7.53. The number of amides is 2. The first-order valence-corrected chi connectivity index (χ1v) is 7.53. The fraction of sp³-hybridized carbons (Fsp3) is 0.533. The summed E-state index contributed by atoms with van der Waals surface area (Å²) in [5.41, 5.74) is 0.944. The maximum atomic E-state index is 12.3. The normalized spacial score (nSPS) is 18.5. The van der Waals surface area contributed by atoms with Gasteiger partial charge in [0.1, 0.15) is 6.17 Å². The number of rotatable bonds is 5. The summed E-state index contributed by atoms with van der Waals surface area (Å²) in [6.07, 6.45) is 1.81. The van der Waals surface area contributed by atoms with Crippen LogP contribution in [0.5, 0.6) is 0 Å². The molecule has 22 heavy (non-hydrogen) atoms. The van der Waals surface area contributed by atoms with Gasteiger partial charge in [-0.25, -0.2) is 4.79 Å². The van der Waals surface area contributed by atoms with Crippen molar-refractivity contribution in [3.05, 3.63) is 39.9 Å².